The first-order valence-electron chi connectivity index (χ1n) is 14.3. The summed E-state index contributed by atoms with van der Waals surface area (Å²) in [6.07, 6.45) is 6.15. The summed E-state index contributed by atoms with van der Waals surface area (Å²) in [6.45, 7) is 8.15. The van der Waals surface area contributed by atoms with E-state index in [1.165, 1.54) is 30.0 Å². The number of carbonyl (C=O) groups excluding carboxylic acids is 1. The van der Waals surface area contributed by atoms with E-state index in [4.69, 9.17) is 9.72 Å². The van der Waals surface area contributed by atoms with E-state index in [1.54, 1.807) is 23.2 Å². The Kier molecular flexibility index (Phi) is 6.69. The number of fused-ring (bicyclic) bond motifs is 1. The third-order valence-corrected chi connectivity index (χ3v) is 8.49. The Morgan fingerprint density at radius 2 is 1.98 bits per heavy atom. The molecule has 1 saturated carbocycles. The molecule has 4 heterocycles. The molecule has 1 amide bonds. The topological polar surface area (TPSA) is 87.5 Å². The first-order chi connectivity index (χ1) is 20.0. The summed E-state index contributed by atoms with van der Waals surface area (Å²) in [5.74, 6) is -0.409. The highest BCUT2D eigenvalue weighted by atomic mass is 19.1. The molecule has 3 fully saturated rings. The van der Waals surface area contributed by atoms with Crippen LogP contribution in [-0.2, 0) is 11.3 Å². The van der Waals surface area contributed by atoms with Crippen molar-refractivity contribution in [1.29, 1.82) is 0 Å². The lowest BCUT2D eigenvalue weighted by Gasteiger charge is -2.34. The fourth-order valence-corrected chi connectivity index (χ4v) is 5.90. The number of nitrogens with one attached hydrogen (secondary N) is 2. The average molecular weight is 556 g/mol. The Bertz CT molecular complexity index is 1610. The second-order valence-electron chi connectivity index (χ2n) is 11.4. The fraction of sp³-hybridized carbons (Fsp3) is 0.387. The number of nitrogens with zero attached hydrogens (tertiary/aromatic N) is 5. The number of benzene rings is 2. The van der Waals surface area contributed by atoms with Gasteiger partial charge in [-0.2, -0.15) is 4.98 Å². The van der Waals surface area contributed by atoms with Gasteiger partial charge in [-0.25, -0.2) is 9.37 Å². The number of ether oxygens (including phenoxy) is 1. The lowest BCUT2D eigenvalue weighted by Crippen LogP contribution is -2.52. The Morgan fingerprint density at radius 3 is 2.78 bits per heavy atom. The van der Waals surface area contributed by atoms with Gasteiger partial charge in [0.25, 0.3) is 5.91 Å². The summed E-state index contributed by atoms with van der Waals surface area (Å²) < 4.78 is 22.3. The fourth-order valence-electron chi connectivity index (χ4n) is 5.90. The Morgan fingerprint density at radius 1 is 1.12 bits per heavy atom. The van der Waals surface area contributed by atoms with Crippen molar-refractivity contribution in [1.82, 2.24) is 29.7 Å². The van der Waals surface area contributed by atoms with Crippen molar-refractivity contribution in [2.75, 3.05) is 51.3 Å². The van der Waals surface area contributed by atoms with E-state index in [2.05, 4.69) is 39.6 Å². The lowest BCUT2D eigenvalue weighted by molar-refractivity contribution is 0.0300. The summed E-state index contributed by atoms with van der Waals surface area (Å²) in [6, 6.07) is 12.9. The molecule has 1 spiro atoms. The average Bonchev–Trinajstić information content (AvgIpc) is 3.59. The quantitative estimate of drug-likeness (QED) is 0.372. The molecule has 0 radical (unpaired) electrons. The van der Waals surface area contributed by atoms with Gasteiger partial charge in [0.15, 0.2) is 0 Å². The number of hydrogen-bond donors (Lipinski definition) is 2. The number of piperazine rings is 1. The highest BCUT2D eigenvalue weighted by Crippen LogP contribution is 2.38. The van der Waals surface area contributed by atoms with Gasteiger partial charge in [0.2, 0.25) is 5.95 Å². The number of carbonyl (C=O) groups is 1. The monoisotopic (exact) mass is 555 g/mol. The molecule has 2 N–H and O–H groups in total. The van der Waals surface area contributed by atoms with Crippen LogP contribution < -0.4 is 10.6 Å². The number of aromatic nitrogens is 3. The third kappa shape index (κ3) is 5.30. The molecule has 0 atom stereocenters. The molecule has 2 saturated heterocycles. The van der Waals surface area contributed by atoms with Crippen LogP contribution in [0.1, 0.15) is 34.3 Å². The molecular formula is C31H34FN7O2. The molecule has 4 aromatic rings. The number of rotatable bonds is 6. The highest BCUT2D eigenvalue weighted by Gasteiger charge is 2.45. The molecule has 7 rings (SSSR count). The molecule has 9 nitrogen and oxygen atoms in total. The zero-order valence-corrected chi connectivity index (χ0v) is 23.2. The Labute approximate surface area is 238 Å². The molecule has 3 aliphatic rings. The third-order valence-electron chi connectivity index (χ3n) is 8.49. The van der Waals surface area contributed by atoms with Crippen LogP contribution >= 0.6 is 0 Å². The van der Waals surface area contributed by atoms with Crippen LogP contribution in [0.2, 0.25) is 0 Å². The van der Waals surface area contributed by atoms with Gasteiger partial charge in [-0.3, -0.25) is 9.69 Å². The van der Waals surface area contributed by atoms with E-state index in [0.717, 1.165) is 37.3 Å². The number of amides is 1. The van der Waals surface area contributed by atoms with Crippen LogP contribution in [0.5, 0.6) is 0 Å². The van der Waals surface area contributed by atoms with Gasteiger partial charge in [-0.1, -0.05) is 6.07 Å². The van der Waals surface area contributed by atoms with Gasteiger partial charge in [0, 0.05) is 74.0 Å². The predicted octanol–water partition coefficient (Wildman–Crippen LogP) is 4.02. The highest BCUT2D eigenvalue weighted by molar-refractivity contribution is 5.95. The zero-order valence-electron chi connectivity index (χ0n) is 23.2. The van der Waals surface area contributed by atoms with Crippen LogP contribution in [0.4, 0.5) is 16.0 Å². The minimum Gasteiger partial charge on any atom is -0.378 e. The Hall–Kier alpha value is -3.86. The van der Waals surface area contributed by atoms with Gasteiger partial charge in [0.05, 0.1) is 18.8 Å². The van der Waals surface area contributed by atoms with Crippen molar-refractivity contribution in [3.8, 4) is 5.69 Å². The first-order valence-corrected chi connectivity index (χ1v) is 14.3. The van der Waals surface area contributed by atoms with Crippen LogP contribution in [-0.4, -0.2) is 81.7 Å². The number of hydrogen-bond acceptors (Lipinski definition) is 7. The number of anilines is 2. The summed E-state index contributed by atoms with van der Waals surface area (Å²) >= 11 is 0. The molecule has 1 aliphatic carbocycles. The standard InChI is InChI=1S/C31H34FN7O2/c1-21-2-3-24(16-23(21)19-37-11-9-34-31(20-37)7-8-31)35-30-33-18-22-6-10-39(28(22)36-30)25-4-5-26(27(32)17-25)29(40)38-12-14-41-15-13-38/h2-6,10,16-18,34H,7-9,11-15,19-20H2,1H3,(H,33,35,36). The van der Waals surface area contributed by atoms with Crippen LogP contribution in [0.25, 0.3) is 16.7 Å². The minimum absolute atomic E-state index is 0.0624. The van der Waals surface area contributed by atoms with E-state index in [9.17, 15) is 4.79 Å². The van der Waals surface area contributed by atoms with Crippen LogP contribution in [0.3, 0.4) is 0 Å². The number of halogens is 1. The van der Waals surface area contributed by atoms with Crippen molar-refractivity contribution >= 4 is 28.6 Å². The van der Waals surface area contributed by atoms with Gasteiger partial charge >= 0.3 is 0 Å². The van der Waals surface area contributed by atoms with E-state index < -0.39 is 5.82 Å². The maximum atomic E-state index is 15.2. The molecule has 10 heteroatoms. The summed E-state index contributed by atoms with van der Waals surface area (Å²) in [5, 5.41) is 7.89. The summed E-state index contributed by atoms with van der Waals surface area (Å²) in [4.78, 5) is 26.3. The summed E-state index contributed by atoms with van der Waals surface area (Å²) in [5.41, 5.74) is 5.13. The lowest BCUT2D eigenvalue weighted by atomic mass is 10.1. The number of aryl methyl sites for hydroxylation is 1. The van der Waals surface area contributed by atoms with Gasteiger partial charge < -0.3 is 24.8 Å². The van der Waals surface area contributed by atoms with Crippen LogP contribution in [0.15, 0.2) is 54.9 Å². The van der Waals surface area contributed by atoms with Crippen molar-refractivity contribution in [3.05, 3.63) is 77.4 Å². The normalized spacial score (nSPS) is 18.6. The van der Waals surface area contributed by atoms with Crippen molar-refractivity contribution in [3.63, 3.8) is 0 Å². The van der Waals surface area contributed by atoms with Gasteiger partial charge in [-0.05, 0) is 67.3 Å². The van der Waals surface area contributed by atoms with Crippen molar-refractivity contribution in [2.45, 2.75) is 31.8 Å². The second-order valence-corrected chi connectivity index (χ2v) is 11.4. The predicted molar refractivity (Wildman–Crippen MR) is 155 cm³/mol. The smallest absolute Gasteiger partial charge is 0.256 e. The molecule has 2 aromatic carbocycles. The minimum atomic E-state index is -0.558. The van der Waals surface area contributed by atoms with E-state index >= 15 is 4.39 Å². The second kappa shape index (κ2) is 10.5. The molecule has 2 aliphatic heterocycles. The van der Waals surface area contributed by atoms with E-state index in [1.807, 2.05) is 22.9 Å². The first kappa shape index (κ1) is 26.1. The molecule has 2 aromatic heterocycles. The van der Waals surface area contributed by atoms with E-state index in [-0.39, 0.29) is 11.5 Å². The largest absolute Gasteiger partial charge is 0.378 e. The van der Waals surface area contributed by atoms with Crippen molar-refractivity contribution in [2.24, 2.45) is 0 Å². The molecule has 0 bridgehead atoms. The van der Waals surface area contributed by atoms with Gasteiger partial charge in [-0.15, -0.1) is 0 Å². The molecule has 212 valence electrons. The van der Waals surface area contributed by atoms with Gasteiger partial charge in [0.1, 0.15) is 11.5 Å². The maximum absolute atomic E-state index is 15.2. The SMILES string of the molecule is Cc1ccc(Nc2ncc3ccn(-c4ccc(C(=O)N5CCOCC5)c(F)c4)c3n2)cc1CN1CCNC2(CC2)C1. The van der Waals surface area contributed by atoms with Crippen LogP contribution in [0, 0.1) is 12.7 Å². The molecule has 41 heavy (non-hydrogen) atoms. The molecule has 0 unspecified atom stereocenters. The van der Waals surface area contributed by atoms with Crippen molar-refractivity contribution < 1.29 is 13.9 Å². The maximum Gasteiger partial charge on any atom is 0.256 e. The summed E-state index contributed by atoms with van der Waals surface area (Å²) in [7, 11) is 0. The zero-order chi connectivity index (χ0) is 28.0. The van der Waals surface area contributed by atoms with E-state index in [0.29, 0.717) is 49.1 Å². The Balaban J connectivity index is 1.11. The molecular weight excluding hydrogens is 521 g/mol. The number of morpholine rings is 1.